The molecule has 2 rings (SSSR count). The summed E-state index contributed by atoms with van der Waals surface area (Å²) in [5, 5.41) is 0. The summed E-state index contributed by atoms with van der Waals surface area (Å²) in [7, 11) is 0. The highest BCUT2D eigenvalue weighted by Gasteiger charge is 2.17. The van der Waals surface area contributed by atoms with Gasteiger partial charge in [-0.2, -0.15) is 0 Å². The Labute approximate surface area is 223 Å². The third-order valence-electron chi connectivity index (χ3n) is 7.03. The molecule has 0 fully saturated rings. The Morgan fingerprint density at radius 2 is 0.833 bits per heavy atom. The lowest BCUT2D eigenvalue weighted by molar-refractivity contribution is 0.0779. The Morgan fingerprint density at radius 1 is 0.500 bits per heavy atom. The fourth-order valence-corrected chi connectivity index (χ4v) is 4.59. The number of unbranched alkanes of at least 4 members (excludes halogenated alkanes) is 5. The molecule has 36 heavy (non-hydrogen) atoms. The van der Waals surface area contributed by atoms with Crippen molar-refractivity contribution < 1.29 is 4.74 Å². The average Bonchev–Trinajstić information content (AvgIpc) is 2.92. The van der Waals surface area contributed by atoms with Crippen LogP contribution in [0.3, 0.4) is 0 Å². The van der Waals surface area contributed by atoms with Crippen LogP contribution >= 0.6 is 0 Å². The van der Waals surface area contributed by atoms with E-state index in [2.05, 4.69) is 92.9 Å². The van der Waals surface area contributed by atoms with Crippen LogP contribution in [0.1, 0.15) is 116 Å². The highest BCUT2D eigenvalue weighted by Crippen LogP contribution is 2.30. The SMILES string of the molecule is CCCCOC(c1ccc(N(CCCC)CCCC)cc1)c1ccc(N(CCCC)CCCC)cc1. The number of benzene rings is 2. The van der Waals surface area contributed by atoms with Crippen molar-refractivity contribution in [1.82, 2.24) is 0 Å². The van der Waals surface area contributed by atoms with Crippen molar-refractivity contribution in [3.05, 3.63) is 59.7 Å². The zero-order valence-electron chi connectivity index (χ0n) is 24.1. The van der Waals surface area contributed by atoms with Crippen molar-refractivity contribution in [2.45, 2.75) is 105 Å². The number of ether oxygens (including phenoxy) is 1. The van der Waals surface area contributed by atoms with Crippen LogP contribution in [-0.2, 0) is 4.74 Å². The van der Waals surface area contributed by atoms with Crippen LogP contribution in [-0.4, -0.2) is 32.8 Å². The Kier molecular flexibility index (Phi) is 15.3. The molecule has 0 heterocycles. The Bertz CT molecular complexity index is 707. The van der Waals surface area contributed by atoms with E-state index in [1.807, 2.05) is 0 Å². The second-order valence-electron chi connectivity index (χ2n) is 10.2. The highest BCUT2D eigenvalue weighted by molar-refractivity contribution is 5.51. The van der Waals surface area contributed by atoms with Gasteiger partial charge in [-0.15, -0.1) is 0 Å². The summed E-state index contributed by atoms with van der Waals surface area (Å²) >= 11 is 0. The minimum atomic E-state index is -0.0147. The zero-order chi connectivity index (χ0) is 26.0. The predicted octanol–water partition coefficient (Wildman–Crippen LogP) is 9.41. The molecule has 0 spiro atoms. The molecule has 0 amide bonds. The van der Waals surface area contributed by atoms with Gasteiger partial charge in [0.05, 0.1) is 0 Å². The first-order valence-electron chi connectivity index (χ1n) is 15.0. The summed E-state index contributed by atoms with van der Waals surface area (Å²) in [4.78, 5) is 5.11. The van der Waals surface area contributed by atoms with E-state index < -0.39 is 0 Å². The molecule has 0 unspecified atom stereocenters. The molecule has 0 aliphatic rings. The molecule has 0 atom stereocenters. The van der Waals surface area contributed by atoms with E-state index in [1.165, 1.54) is 73.9 Å². The fourth-order valence-electron chi connectivity index (χ4n) is 4.59. The molecule has 0 bridgehead atoms. The second-order valence-corrected chi connectivity index (χ2v) is 10.2. The number of hydrogen-bond donors (Lipinski definition) is 0. The van der Waals surface area contributed by atoms with Gasteiger partial charge in [0.2, 0.25) is 0 Å². The average molecular weight is 495 g/mol. The van der Waals surface area contributed by atoms with E-state index in [-0.39, 0.29) is 6.10 Å². The molecular formula is C33H54N2O. The first-order valence-corrected chi connectivity index (χ1v) is 15.0. The van der Waals surface area contributed by atoms with Crippen molar-refractivity contribution in [3.8, 4) is 0 Å². The van der Waals surface area contributed by atoms with E-state index in [1.54, 1.807) is 0 Å². The summed E-state index contributed by atoms with van der Waals surface area (Å²) in [6.45, 7) is 16.7. The lowest BCUT2D eigenvalue weighted by atomic mass is 10.00. The number of anilines is 2. The van der Waals surface area contributed by atoms with Crippen LogP contribution in [0, 0.1) is 0 Å². The van der Waals surface area contributed by atoms with Crippen molar-refractivity contribution >= 4 is 11.4 Å². The topological polar surface area (TPSA) is 15.7 Å². The van der Waals surface area contributed by atoms with Gasteiger partial charge in [0.25, 0.3) is 0 Å². The smallest absolute Gasteiger partial charge is 0.108 e. The third-order valence-corrected chi connectivity index (χ3v) is 7.03. The monoisotopic (exact) mass is 494 g/mol. The molecular weight excluding hydrogens is 440 g/mol. The number of rotatable bonds is 20. The zero-order valence-corrected chi connectivity index (χ0v) is 24.1. The fraction of sp³-hybridized carbons (Fsp3) is 0.636. The molecule has 3 nitrogen and oxygen atoms in total. The molecule has 2 aromatic carbocycles. The molecule has 2 aromatic rings. The Balaban J connectivity index is 2.24. The van der Waals surface area contributed by atoms with Crippen LogP contribution < -0.4 is 9.80 Å². The van der Waals surface area contributed by atoms with E-state index >= 15 is 0 Å². The van der Waals surface area contributed by atoms with Gasteiger partial charge in [-0.1, -0.05) is 91.0 Å². The maximum atomic E-state index is 6.49. The second kappa shape index (κ2) is 18.3. The Hall–Kier alpha value is -2.00. The molecule has 0 saturated carbocycles. The van der Waals surface area contributed by atoms with Crippen molar-refractivity contribution in [1.29, 1.82) is 0 Å². The van der Waals surface area contributed by atoms with E-state index in [4.69, 9.17) is 4.74 Å². The third kappa shape index (κ3) is 10.2. The summed E-state index contributed by atoms with van der Waals surface area (Å²) < 4.78 is 6.49. The van der Waals surface area contributed by atoms with Crippen LogP contribution in [0.4, 0.5) is 11.4 Å². The summed E-state index contributed by atoms with van der Waals surface area (Å²) in [5.74, 6) is 0. The van der Waals surface area contributed by atoms with Gasteiger partial charge in [-0.05, 0) is 67.5 Å². The first kappa shape index (κ1) is 30.2. The van der Waals surface area contributed by atoms with Gasteiger partial charge in [0.1, 0.15) is 6.10 Å². The van der Waals surface area contributed by atoms with Gasteiger partial charge in [0.15, 0.2) is 0 Å². The maximum Gasteiger partial charge on any atom is 0.108 e. The molecule has 3 heteroatoms. The van der Waals surface area contributed by atoms with Gasteiger partial charge >= 0.3 is 0 Å². The van der Waals surface area contributed by atoms with E-state index in [0.717, 1.165) is 45.6 Å². The van der Waals surface area contributed by atoms with E-state index in [0.29, 0.717) is 0 Å². The van der Waals surface area contributed by atoms with Crippen LogP contribution in [0.5, 0.6) is 0 Å². The van der Waals surface area contributed by atoms with Gasteiger partial charge < -0.3 is 14.5 Å². The molecule has 0 saturated heterocycles. The Morgan fingerprint density at radius 3 is 1.14 bits per heavy atom. The molecule has 0 aromatic heterocycles. The molecule has 0 aliphatic carbocycles. The van der Waals surface area contributed by atoms with Crippen molar-refractivity contribution in [2.75, 3.05) is 42.6 Å². The lowest BCUT2D eigenvalue weighted by Crippen LogP contribution is -2.25. The summed E-state index contributed by atoms with van der Waals surface area (Å²) in [6, 6.07) is 18.4. The van der Waals surface area contributed by atoms with Crippen LogP contribution in [0.25, 0.3) is 0 Å². The van der Waals surface area contributed by atoms with Crippen LogP contribution in [0.15, 0.2) is 48.5 Å². The van der Waals surface area contributed by atoms with E-state index in [9.17, 15) is 0 Å². The number of nitrogens with zero attached hydrogens (tertiary/aromatic N) is 2. The molecule has 0 radical (unpaired) electrons. The quantitative estimate of drug-likeness (QED) is 0.170. The largest absolute Gasteiger partial charge is 0.372 e. The normalized spacial score (nSPS) is 11.3. The molecule has 0 aliphatic heterocycles. The maximum absolute atomic E-state index is 6.49. The van der Waals surface area contributed by atoms with Gasteiger partial charge in [-0.25, -0.2) is 0 Å². The van der Waals surface area contributed by atoms with Crippen molar-refractivity contribution in [2.24, 2.45) is 0 Å². The highest BCUT2D eigenvalue weighted by atomic mass is 16.5. The standard InChI is InChI=1S/C33H54N2O/c1-6-11-24-34(25-12-7-2)31-20-16-29(17-21-31)33(36-28-15-10-5)30-18-22-32(23-19-30)35(26-13-8-3)27-14-9-4/h16-23,33H,6-15,24-28H2,1-5H3. The number of hydrogen-bond acceptors (Lipinski definition) is 3. The lowest BCUT2D eigenvalue weighted by Gasteiger charge is -2.27. The van der Waals surface area contributed by atoms with Gasteiger partial charge in [-0.3, -0.25) is 0 Å². The minimum absolute atomic E-state index is 0.0147. The summed E-state index contributed by atoms with van der Waals surface area (Å²) in [6.07, 6.45) is 12.1. The molecule has 202 valence electrons. The minimum Gasteiger partial charge on any atom is -0.372 e. The van der Waals surface area contributed by atoms with Gasteiger partial charge in [0, 0.05) is 44.2 Å². The molecule has 0 N–H and O–H groups in total. The predicted molar refractivity (Wildman–Crippen MR) is 160 cm³/mol. The first-order chi connectivity index (χ1) is 17.7. The van der Waals surface area contributed by atoms with Crippen LogP contribution in [0.2, 0.25) is 0 Å². The van der Waals surface area contributed by atoms with Crippen molar-refractivity contribution in [3.63, 3.8) is 0 Å². The summed E-state index contributed by atoms with van der Waals surface area (Å²) in [5.41, 5.74) is 5.18.